The summed E-state index contributed by atoms with van der Waals surface area (Å²) in [6.45, 7) is 2.16. The number of hydrogen-bond acceptors (Lipinski definition) is 2. The Balaban J connectivity index is 2.33. The maximum atomic E-state index is 11.0. The molecular formula is C11H11ClO2. The summed E-state index contributed by atoms with van der Waals surface area (Å²) < 4.78 is 5.46. The van der Waals surface area contributed by atoms with Gasteiger partial charge in [-0.2, -0.15) is 0 Å². The number of rotatable bonds is 2. The van der Waals surface area contributed by atoms with Crippen molar-refractivity contribution < 1.29 is 9.53 Å². The van der Waals surface area contributed by atoms with Gasteiger partial charge in [-0.25, -0.2) is 0 Å². The van der Waals surface area contributed by atoms with E-state index in [0.29, 0.717) is 18.1 Å². The van der Waals surface area contributed by atoms with Gasteiger partial charge in [0.1, 0.15) is 11.5 Å². The van der Waals surface area contributed by atoms with Crippen LogP contribution in [0.4, 0.5) is 0 Å². The van der Waals surface area contributed by atoms with E-state index >= 15 is 0 Å². The molecule has 0 bridgehead atoms. The van der Waals surface area contributed by atoms with E-state index in [1.165, 1.54) is 0 Å². The van der Waals surface area contributed by atoms with Gasteiger partial charge in [-0.3, -0.25) is 0 Å². The molecular weight excluding hydrogens is 200 g/mol. The average Bonchev–Trinajstić information content (AvgIpc) is 2.49. The van der Waals surface area contributed by atoms with E-state index < -0.39 is 0 Å². The van der Waals surface area contributed by atoms with Crippen LogP contribution in [0.1, 0.15) is 24.8 Å². The zero-order valence-corrected chi connectivity index (χ0v) is 8.67. The summed E-state index contributed by atoms with van der Waals surface area (Å²) in [5, 5.41) is 0.700. The van der Waals surface area contributed by atoms with Crippen molar-refractivity contribution in [3.63, 3.8) is 0 Å². The molecule has 1 aromatic carbocycles. The number of fused-ring (bicyclic) bond motifs is 1. The lowest BCUT2D eigenvalue weighted by atomic mass is 9.96. The second kappa shape index (κ2) is 3.62. The molecule has 0 fully saturated rings. The lowest BCUT2D eigenvalue weighted by Gasteiger charge is -2.06. The molecule has 0 aromatic heterocycles. The Labute approximate surface area is 87.8 Å². The van der Waals surface area contributed by atoms with Gasteiger partial charge >= 0.3 is 0 Å². The summed E-state index contributed by atoms with van der Waals surface area (Å²) in [6, 6.07) is 5.58. The molecule has 1 unspecified atom stereocenters. The molecule has 3 heteroatoms. The first-order chi connectivity index (χ1) is 6.68. The Morgan fingerprint density at radius 2 is 2.43 bits per heavy atom. The van der Waals surface area contributed by atoms with Gasteiger partial charge in [0.05, 0.1) is 6.61 Å². The molecule has 1 atom stereocenters. The van der Waals surface area contributed by atoms with Gasteiger partial charge in [-0.15, -0.1) is 0 Å². The third kappa shape index (κ3) is 1.62. The van der Waals surface area contributed by atoms with Crippen molar-refractivity contribution in [3.05, 3.63) is 28.8 Å². The minimum atomic E-state index is 0.135. The summed E-state index contributed by atoms with van der Waals surface area (Å²) in [4.78, 5) is 11.0. The monoisotopic (exact) mass is 210 g/mol. The molecule has 14 heavy (non-hydrogen) atoms. The van der Waals surface area contributed by atoms with Crippen molar-refractivity contribution >= 4 is 17.4 Å². The fourth-order valence-corrected chi connectivity index (χ4v) is 2.14. The fraction of sp³-hybridized carbons (Fsp3) is 0.364. The smallest absolute Gasteiger partial charge is 0.130 e. The summed E-state index contributed by atoms with van der Waals surface area (Å²) in [5.74, 6) is 1.13. The van der Waals surface area contributed by atoms with Crippen LogP contribution in [0, 0.1) is 0 Å². The third-order valence-electron chi connectivity index (χ3n) is 2.40. The summed E-state index contributed by atoms with van der Waals surface area (Å²) in [5.41, 5.74) is 0.990. The van der Waals surface area contributed by atoms with Crippen molar-refractivity contribution in [1.82, 2.24) is 0 Å². The molecule has 0 saturated carbocycles. The van der Waals surface area contributed by atoms with Crippen LogP contribution in [0.2, 0.25) is 5.02 Å². The molecule has 0 saturated heterocycles. The Hall–Kier alpha value is -1.02. The highest BCUT2D eigenvalue weighted by atomic mass is 35.5. The van der Waals surface area contributed by atoms with Crippen molar-refractivity contribution in [2.45, 2.75) is 19.3 Å². The zero-order valence-electron chi connectivity index (χ0n) is 7.92. The summed E-state index contributed by atoms with van der Waals surface area (Å²) in [7, 11) is 0. The zero-order chi connectivity index (χ0) is 10.1. The summed E-state index contributed by atoms with van der Waals surface area (Å²) >= 11 is 6.06. The third-order valence-corrected chi connectivity index (χ3v) is 2.72. The summed E-state index contributed by atoms with van der Waals surface area (Å²) in [6.07, 6.45) is 0.511. The minimum Gasteiger partial charge on any atom is -0.493 e. The van der Waals surface area contributed by atoms with Crippen LogP contribution in [-0.4, -0.2) is 12.4 Å². The van der Waals surface area contributed by atoms with E-state index in [4.69, 9.17) is 16.3 Å². The average molecular weight is 211 g/mol. The molecule has 1 aliphatic rings. The van der Waals surface area contributed by atoms with Crippen LogP contribution < -0.4 is 4.74 Å². The normalized spacial score (nSPS) is 18.9. The fourth-order valence-electron chi connectivity index (χ4n) is 1.82. The number of hydrogen-bond donors (Lipinski definition) is 0. The number of ketones is 1. The van der Waals surface area contributed by atoms with Crippen LogP contribution >= 0.6 is 11.6 Å². The molecule has 0 amide bonds. The second-order valence-corrected chi connectivity index (χ2v) is 3.97. The first-order valence-corrected chi connectivity index (χ1v) is 4.97. The van der Waals surface area contributed by atoms with Gasteiger partial charge in [-0.05, 0) is 19.1 Å². The van der Waals surface area contributed by atoms with Gasteiger partial charge in [0.25, 0.3) is 0 Å². The standard InChI is InChI=1S/C11H11ClO2/c1-7(13)5-8-6-14-10-4-2-3-9(12)11(8)10/h2-4,8H,5-6H2,1H3. The first-order valence-electron chi connectivity index (χ1n) is 4.59. The maximum Gasteiger partial charge on any atom is 0.130 e. The first kappa shape index (κ1) is 9.53. The van der Waals surface area contributed by atoms with Gasteiger partial charge in [0, 0.05) is 22.9 Å². The molecule has 2 nitrogen and oxygen atoms in total. The molecule has 1 aliphatic heterocycles. The highest BCUT2D eigenvalue weighted by Gasteiger charge is 2.27. The van der Waals surface area contributed by atoms with Gasteiger partial charge in [0.2, 0.25) is 0 Å². The van der Waals surface area contributed by atoms with Gasteiger partial charge < -0.3 is 9.53 Å². The van der Waals surface area contributed by atoms with E-state index in [9.17, 15) is 4.79 Å². The number of carbonyl (C=O) groups is 1. The van der Waals surface area contributed by atoms with Crippen molar-refractivity contribution in [2.75, 3.05) is 6.61 Å². The van der Waals surface area contributed by atoms with E-state index in [1.54, 1.807) is 6.92 Å². The van der Waals surface area contributed by atoms with Gasteiger partial charge in [-0.1, -0.05) is 17.7 Å². The van der Waals surface area contributed by atoms with Crippen molar-refractivity contribution in [3.8, 4) is 5.75 Å². The predicted molar refractivity (Wildman–Crippen MR) is 55.0 cm³/mol. The van der Waals surface area contributed by atoms with Crippen LogP contribution in [0.3, 0.4) is 0 Å². The largest absolute Gasteiger partial charge is 0.493 e. The highest BCUT2D eigenvalue weighted by Crippen LogP contribution is 2.40. The lowest BCUT2D eigenvalue weighted by molar-refractivity contribution is -0.117. The molecule has 1 heterocycles. The quantitative estimate of drug-likeness (QED) is 0.751. The molecule has 1 aromatic rings. The number of Topliss-reactive ketones (excluding diaryl/α,β-unsaturated/α-hetero) is 1. The topological polar surface area (TPSA) is 26.3 Å². The van der Waals surface area contributed by atoms with E-state index in [-0.39, 0.29) is 11.7 Å². The van der Waals surface area contributed by atoms with E-state index in [2.05, 4.69) is 0 Å². The Bertz CT molecular complexity index is 374. The number of carbonyl (C=O) groups excluding carboxylic acids is 1. The van der Waals surface area contributed by atoms with Crippen molar-refractivity contribution in [2.24, 2.45) is 0 Å². The predicted octanol–water partition coefficient (Wildman–Crippen LogP) is 2.80. The maximum absolute atomic E-state index is 11.0. The molecule has 74 valence electrons. The van der Waals surface area contributed by atoms with Crippen molar-refractivity contribution in [1.29, 1.82) is 0 Å². The van der Waals surface area contributed by atoms with Crippen LogP contribution in [0.15, 0.2) is 18.2 Å². The molecule has 0 aliphatic carbocycles. The molecule has 2 rings (SSSR count). The van der Waals surface area contributed by atoms with E-state index in [1.807, 2.05) is 18.2 Å². The minimum absolute atomic E-state index is 0.135. The van der Waals surface area contributed by atoms with Crippen LogP contribution in [-0.2, 0) is 4.79 Å². The SMILES string of the molecule is CC(=O)CC1COc2cccc(Cl)c21. The van der Waals surface area contributed by atoms with Crippen LogP contribution in [0.25, 0.3) is 0 Å². The Morgan fingerprint density at radius 1 is 1.64 bits per heavy atom. The van der Waals surface area contributed by atoms with E-state index in [0.717, 1.165) is 11.3 Å². The lowest BCUT2D eigenvalue weighted by Crippen LogP contribution is -2.05. The second-order valence-electron chi connectivity index (χ2n) is 3.57. The Kier molecular flexibility index (Phi) is 2.46. The van der Waals surface area contributed by atoms with Crippen LogP contribution in [0.5, 0.6) is 5.75 Å². The Morgan fingerprint density at radius 3 is 3.14 bits per heavy atom. The number of halogens is 1. The molecule has 0 N–H and O–H groups in total. The number of ether oxygens (including phenoxy) is 1. The van der Waals surface area contributed by atoms with Gasteiger partial charge in [0.15, 0.2) is 0 Å². The molecule has 0 spiro atoms. The molecule has 0 radical (unpaired) electrons. The highest BCUT2D eigenvalue weighted by molar-refractivity contribution is 6.31. The number of benzene rings is 1.